The lowest BCUT2D eigenvalue weighted by Crippen LogP contribution is -2.31. The molecule has 1 fully saturated rings. The average molecular weight is 436 g/mol. The van der Waals surface area contributed by atoms with Gasteiger partial charge in [-0.15, -0.1) is 16.4 Å². The molecule has 0 N–H and O–H groups in total. The Kier molecular flexibility index (Phi) is 5.07. The summed E-state index contributed by atoms with van der Waals surface area (Å²) in [7, 11) is 0. The maximum absolute atomic E-state index is 13.4. The Hall–Kier alpha value is -3.39. The molecule has 1 amide bonds. The van der Waals surface area contributed by atoms with E-state index in [0.29, 0.717) is 18.1 Å². The fourth-order valence-corrected chi connectivity index (χ4v) is 4.60. The highest BCUT2D eigenvalue weighted by Crippen LogP contribution is 2.33. The van der Waals surface area contributed by atoms with Gasteiger partial charge in [0.25, 0.3) is 5.91 Å². The van der Waals surface area contributed by atoms with Gasteiger partial charge in [0.15, 0.2) is 5.82 Å². The number of hydrogen-bond acceptors (Lipinski definition) is 4. The topological polar surface area (TPSA) is 51.0 Å². The third kappa shape index (κ3) is 3.74. The maximum atomic E-state index is 13.4. The van der Waals surface area contributed by atoms with Crippen molar-refractivity contribution in [2.45, 2.75) is 18.9 Å². The van der Waals surface area contributed by atoms with Crippen molar-refractivity contribution in [2.75, 3.05) is 6.54 Å². The Labute approximate surface area is 181 Å². The number of aromatic nitrogens is 3. The molecule has 5 nitrogen and oxygen atoms in total. The quantitative estimate of drug-likeness (QED) is 0.439. The zero-order valence-corrected chi connectivity index (χ0v) is 17.2. The first-order chi connectivity index (χ1) is 15.1. The number of hydrogen-bond donors (Lipinski definition) is 0. The molecule has 8 heteroatoms. The molecule has 0 radical (unpaired) electrons. The molecular weight excluding hydrogens is 418 g/mol. The highest BCUT2D eigenvalue weighted by molar-refractivity contribution is 7.13. The van der Waals surface area contributed by atoms with Crippen LogP contribution < -0.4 is 0 Å². The second-order valence-electron chi connectivity index (χ2n) is 7.33. The number of benzene rings is 2. The molecule has 31 heavy (non-hydrogen) atoms. The van der Waals surface area contributed by atoms with E-state index in [1.807, 2.05) is 17.5 Å². The number of amides is 1. The summed E-state index contributed by atoms with van der Waals surface area (Å²) in [5.41, 5.74) is 1.51. The van der Waals surface area contributed by atoms with Gasteiger partial charge in [0.1, 0.15) is 11.6 Å². The summed E-state index contributed by atoms with van der Waals surface area (Å²) in [6, 6.07) is 15.8. The van der Waals surface area contributed by atoms with E-state index in [1.165, 1.54) is 35.6 Å². The SMILES string of the molecule is O=C(c1nc(-c2cccs2)n(-c2ccc(F)cc2)n1)N1CCCC1c1ccc(F)cc1. The molecule has 5 rings (SSSR count). The van der Waals surface area contributed by atoms with Crippen LogP contribution in [0, 0.1) is 11.6 Å². The van der Waals surface area contributed by atoms with E-state index in [4.69, 9.17) is 0 Å². The van der Waals surface area contributed by atoms with Gasteiger partial charge in [-0.2, -0.15) is 0 Å². The van der Waals surface area contributed by atoms with Gasteiger partial charge >= 0.3 is 0 Å². The van der Waals surface area contributed by atoms with Crippen LogP contribution in [0.25, 0.3) is 16.4 Å². The van der Waals surface area contributed by atoms with Crippen LogP contribution in [-0.4, -0.2) is 32.1 Å². The molecule has 0 spiro atoms. The molecule has 3 heterocycles. The van der Waals surface area contributed by atoms with Crippen molar-refractivity contribution in [2.24, 2.45) is 0 Å². The fraction of sp³-hybridized carbons (Fsp3) is 0.174. The van der Waals surface area contributed by atoms with Crippen molar-refractivity contribution in [3.8, 4) is 16.4 Å². The molecule has 0 bridgehead atoms. The summed E-state index contributed by atoms with van der Waals surface area (Å²) in [5.74, 6) is -0.313. The van der Waals surface area contributed by atoms with Crippen LogP contribution in [0.15, 0.2) is 66.0 Å². The minimum Gasteiger partial charge on any atom is -0.329 e. The van der Waals surface area contributed by atoms with Gasteiger partial charge in [0, 0.05) is 6.54 Å². The Bertz CT molecular complexity index is 1200. The summed E-state index contributed by atoms with van der Waals surface area (Å²) in [4.78, 5) is 20.5. The largest absolute Gasteiger partial charge is 0.329 e. The van der Waals surface area contributed by atoms with E-state index in [-0.39, 0.29) is 29.4 Å². The van der Waals surface area contributed by atoms with Crippen molar-refractivity contribution < 1.29 is 13.6 Å². The summed E-state index contributed by atoms with van der Waals surface area (Å²) >= 11 is 1.49. The Morgan fingerprint density at radius 2 is 1.71 bits per heavy atom. The number of carbonyl (C=O) groups excluding carboxylic acids is 1. The van der Waals surface area contributed by atoms with E-state index < -0.39 is 0 Å². The number of carbonyl (C=O) groups is 1. The van der Waals surface area contributed by atoms with Crippen LogP contribution in [-0.2, 0) is 0 Å². The van der Waals surface area contributed by atoms with Crippen LogP contribution in [0.3, 0.4) is 0 Å². The normalized spacial score (nSPS) is 16.1. The number of likely N-dealkylation sites (tertiary alicyclic amines) is 1. The minimum atomic E-state index is -0.350. The monoisotopic (exact) mass is 436 g/mol. The van der Waals surface area contributed by atoms with Gasteiger partial charge < -0.3 is 4.90 Å². The summed E-state index contributed by atoms with van der Waals surface area (Å²) in [6.45, 7) is 0.584. The van der Waals surface area contributed by atoms with Crippen molar-refractivity contribution in [1.29, 1.82) is 0 Å². The molecule has 0 aliphatic carbocycles. The maximum Gasteiger partial charge on any atom is 0.294 e. The molecule has 2 aromatic heterocycles. The van der Waals surface area contributed by atoms with Gasteiger partial charge in [-0.1, -0.05) is 18.2 Å². The first-order valence-electron chi connectivity index (χ1n) is 9.93. The third-order valence-corrected chi connectivity index (χ3v) is 6.25. The second kappa shape index (κ2) is 8.03. The van der Waals surface area contributed by atoms with Crippen LogP contribution in [0.1, 0.15) is 35.1 Å². The predicted molar refractivity (Wildman–Crippen MR) is 114 cm³/mol. The molecule has 1 atom stereocenters. The van der Waals surface area contributed by atoms with E-state index in [2.05, 4.69) is 10.1 Å². The highest BCUT2D eigenvalue weighted by Gasteiger charge is 2.33. The van der Waals surface area contributed by atoms with Crippen LogP contribution >= 0.6 is 11.3 Å². The van der Waals surface area contributed by atoms with Crippen LogP contribution in [0.5, 0.6) is 0 Å². The summed E-state index contributed by atoms with van der Waals surface area (Å²) in [6.07, 6.45) is 1.65. The number of halogens is 2. The van der Waals surface area contributed by atoms with Crippen LogP contribution in [0.2, 0.25) is 0 Å². The molecule has 4 aromatic rings. The van der Waals surface area contributed by atoms with Crippen molar-refractivity contribution in [3.63, 3.8) is 0 Å². The van der Waals surface area contributed by atoms with Crippen molar-refractivity contribution in [3.05, 3.63) is 89.1 Å². The number of nitrogens with zero attached hydrogens (tertiary/aromatic N) is 4. The van der Waals surface area contributed by atoms with E-state index in [1.54, 1.807) is 33.8 Å². The molecule has 156 valence electrons. The van der Waals surface area contributed by atoms with Gasteiger partial charge in [0.05, 0.1) is 16.6 Å². The van der Waals surface area contributed by atoms with Gasteiger partial charge in [-0.3, -0.25) is 4.79 Å². The molecule has 1 saturated heterocycles. The summed E-state index contributed by atoms with van der Waals surface area (Å²) < 4.78 is 28.3. The highest BCUT2D eigenvalue weighted by atomic mass is 32.1. The molecule has 1 unspecified atom stereocenters. The van der Waals surface area contributed by atoms with Crippen molar-refractivity contribution >= 4 is 17.2 Å². The first-order valence-corrected chi connectivity index (χ1v) is 10.8. The minimum absolute atomic E-state index is 0.0849. The molecule has 1 aliphatic heterocycles. The van der Waals surface area contributed by atoms with E-state index >= 15 is 0 Å². The predicted octanol–water partition coefficient (Wildman–Crippen LogP) is 5.25. The van der Waals surface area contributed by atoms with Gasteiger partial charge in [-0.25, -0.2) is 18.4 Å². The molecule has 2 aromatic carbocycles. The van der Waals surface area contributed by atoms with E-state index in [0.717, 1.165) is 23.3 Å². The first kappa shape index (κ1) is 19.6. The lowest BCUT2D eigenvalue weighted by molar-refractivity contribution is 0.0723. The lowest BCUT2D eigenvalue weighted by atomic mass is 10.0. The Morgan fingerprint density at radius 3 is 2.39 bits per heavy atom. The standard InChI is InChI=1S/C23H18F2N4OS/c24-16-7-5-15(6-8-16)19-3-1-13-28(19)23(30)21-26-22(20-4-2-14-31-20)29(27-21)18-11-9-17(25)10-12-18/h2,4-12,14,19H,1,3,13H2. The van der Waals surface area contributed by atoms with Crippen LogP contribution in [0.4, 0.5) is 8.78 Å². The number of rotatable bonds is 4. The summed E-state index contributed by atoms with van der Waals surface area (Å²) in [5, 5.41) is 6.41. The molecular formula is C23H18F2N4OS. The smallest absolute Gasteiger partial charge is 0.294 e. The number of thiophene rings is 1. The zero-order chi connectivity index (χ0) is 21.4. The molecule has 1 aliphatic rings. The zero-order valence-electron chi connectivity index (χ0n) is 16.4. The Balaban J connectivity index is 1.52. The Morgan fingerprint density at radius 1 is 1.00 bits per heavy atom. The van der Waals surface area contributed by atoms with Gasteiger partial charge in [0.2, 0.25) is 5.82 Å². The van der Waals surface area contributed by atoms with Gasteiger partial charge in [-0.05, 0) is 66.2 Å². The third-order valence-electron chi connectivity index (χ3n) is 5.38. The molecule has 0 saturated carbocycles. The average Bonchev–Trinajstić information content (AvgIpc) is 3.54. The van der Waals surface area contributed by atoms with Crippen molar-refractivity contribution in [1.82, 2.24) is 19.7 Å². The second-order valence-corrected chi connectivity index (χ2v) is 8.28. The lowest BCUT2D eigenvalue weighted by Gasteiger charge is -2.23. The fourth-order valence-electron chi connectivity index (χ4n) is 3.90. The van der Waals surface area contributed by atoms with E-state index in [9.17, 15) is 13.6 Å².